The summed E-state index contributed by atoms with van der Waals surface area (Å²) in [5, 5.41) is -0.677. The van der Waals surface area contributed by atoms with Crippen LogP contribution in [0, 0.1) is 5.92 Å². The molecule has 14 heavy (non-hydrogen) atoms. The molecule has 0 spiro atoms. The molecule has 0 aliphatic rings. The summed E-state index contributed by atoms with van der Waals surface area (Å²) in [5.74, 6) is -1.04. The minimum atomic E-state index is -0.891. The molecule has 0 N–H and O–H groups in total. The molecule has 0 aromatic heterocycles. The second-order valence-electron chi connectivity index (χ2n) is 2.59. The molecule has 0 rings (SSSR count). The van der Waals surface area contributed by atoms with Gasteiger partial charge in [0.25, 0.3) is 5.24 Å². The van der Waals surface area contributed by atoms with Crippen molar-refractivity contribution >= 4 is 34.4 Å². The zero-order valence-corrected chi connectivity index (χ0v) is 10.4. The van der Waals surface area contributed by atoms with Crippen molar-refractivity contribution in [2.75, 3.05) is 5.88 Å². The molecule has 1 unspecified atom stereocenters. The van der Waals surface area contributed by atoms with Gasteiger partial charge in [-0.15, -0.1) is 11.6 Å². The van der Waals surface area contributed by atoms with Crippen LogP contribution in [-0.2, 0) is 14.3 Å². The smallest absolute Gasteiger partial charge is 0.321 e. The Labute approximate surface area is 94.7 Å². The molecule has 3 nitrogen and oxygen atoms in total. The summed E-state index contributed by atoms with van der Waals surface area (Å²) in [7, 11) is 0. The van der Waals surface area contributed by atoms with Crippen molar-refractivity contribution in [3.8, 4) is 0 Å². The predicted octanol–water partition coefficient (Wildman–Crippen LogP) is 2.58. The zero-order valence-electron chi connectivity index (χ0n) is 8.84. The number of rotatable bonds is 4. The molecule has 0 saturated heterocycles. The highest BCUT2D eigenvalue weighted by Crippen LogP contribution is 2.10. The fourth-order valence-corrected chi connectivity index (χ4v) is 0.977. The van der Waals surface area contributed by atoms with Crippen LogP contribution in [0.1, 0.15) is 27.7 Å². The summed E-state index contributed by atoms with van der Waals surface area (Å²) in [6, 6.07) is 0. The third-order valence-corrected chi connectivity index (χ3v) is 1.63. The lowest BCUT2D eigenvalue weighted by atomic mass is 10.1. The van der Waals surface area contributed by atoms with Gasteiger partial charge in [0.15, 0.2) is 6.10 Å². The Kier molecular flexibility index (Phi) is 10.7. The van der Waals surface area contributed by atoms with Gasteiger partial charge in [0.2, 0.25) is 0 Å². The van der Waals surface area contributed by atoms with E-state index in [1.807, 2.05) is 13.8 Å². The van der Waals surface area contributed by atoms with Crippen LogP contribution in [-0.4, -0.2) is 23.2 Å². The van der Waals surface area contributed by atoms with E-state index < -0.39 is 17.3 Å². The van der Waals surface area contributed by atoms with E-state index in [4.69, 9.17) is 23.2 Å². The van der Waals surface area contributed by atoms with E-state index in [2.05, 4.69) is 4.74 Å². The second kappa shape index (κ2) is 9.28. The lowest BCUT2D eigenvalue weighted by Crippen LogP contribution is -2.29. The van der Waals surface area contributed by atoms with Gasteiger partial charge >= 0.3 is 5.97 Å². The molecule has 0 aromatic carbocycles. The molecule has 0 aliphatic carbocycles. The van der Waals surface area contributed by atoms with Crippen molar-refractivity contribution in [3.63, 3.8) is 0 Å². The van der Waals surface area contributed by atoms with Crippen LogP contribution in [0.4, 0.5) is 0 Å². The number of halogens is 2. The van der Waals surface area contributed by atoms with E-state index in [0.29, 0.717) is 0 Å². The Morgan fingerprint density at radius 2 is 1.71 bits per heavy atom. The normalized spacial score (nSPS) is 11.4. The molecule has 5 heteroatoms. The molecular formula is C9H16Cl2O3. The summed E-state index contributed by atoms with van der Waals surface area (Å²) >= 11 is 10.4. The van der Waals surface area contributed by atoms with E-state index in [-0.39, 0.29) is 11.8 Å². The number of hydrogen-bond acceptors (Lipinski definition) is 3. The number of alkyl halides is 1. The van der Waals surface area contributed by atoms with Crippen molar-refractivity contribution in [1.29, 1.82) is 0 Å². The van der Waals surface area contributed by atoms with Gasteiger partial charge in [-0.1, -0.05) is 27.7 Å². The lowest BCUT2D eigenvalue weighted by molar-refractivity contribution is -0.152. The fraction of sp³-hybridized carbons (Fsp3) is 0.778. The molecule has 0 saturated carbocycles. The first-order chi connectivity index (χ1) is 6.49. The minimum Gasteiger partial charge on any atom is -0.452 e. The van der Waals surface area contributed by atoms with Gasteiger partial charge in [0, 0.05) is 0 Å². The largest absolute Gasteiger partial charge is 0.452 e. The van der Waals surface area contributed by atoms with Crippen LogP contribution in [0.25, 0.3) is 0 Å². The predicted molar refractivity (Wildman–Crippen MR) is 57.6 cm³/mol. The topological polar surface area (TPSA) is 43.4 Å². The first kappa shape index (κ1) is 16.2. The Balaban J connectivity index is 0. The van der Waals surface area contributed by atoms with Crippen molar-refractivity contribution in [1.82, 2.24) is 0 Å². The molecule has 0 aromatic rings. The molecule has 0 fully saturated rings. The maximum Gasteiger partial charge on any atom is 0.321 e. The SMILES string of the molecule is CC.CC(C)C(OC(=O)CCl)C(=O)Cl. The van der Waals surface area contributed by atoms with Crippen LogP contribution in [0.2, 0.25) is 0 Å². The fourth-order valence-electron chi connectivity index (χ4n) is 0.618. The van der Waals surface area contributed by atoms with Gasteiger partial charge in [-0.3, -0.25) is 9.59 Å². The first-order valence-electron chi connectivity index (χ1n) is 4.43. The molecule has 0 aliphatic heterocycles. The van der Waals surface area contributed by atoms with E-state index in [0.717, 1.165) is 0 Å². The van der Waals surface area contributed by atoms with E-state index in [1.54, 1.807) is 13.8 Å². The first-order valence-corrected chi connectivity index (χ1v) is 5.35. The third kappa shape index (κ3) is 7.15. The van der Waals surface area contributed by atoms with Gasteiger partial charge in [-0.25, -0.2) is 0 Å². The van der Waals surface area contributed by atoms with Crippen molar-refractivity contribution in [3.05, 3.63) is 0 Å². The maximum atomic E-state index is 10.7. The lowest BCUT2D eigenvalue weighted by Gasteiger charge is -2.16. The molecule has 84 valence electrons. The summed E-state index contributed by atoms with van der Waals surface area (Å²) in [6.07, 6.45) is -0.891. The van der Waals surface area contributed by atoms with Gasteiger partial charge in [0.1, 0.15) is 5.88 Å². The standard InChI is InChI=1S/C7H10Cl2O3.C2H6/c1-4(2)6(7(9)11)12-5(10)3-8;1-2/h4,6H,3H2,1-2H3;1-2H3. The zero-order chi connectivity index (χ0) is 11.7. The van der Waals surface area contributed by atoms with Crippen LogP contribution < -0.4 is 0 Å². The average molecular weight is 243 g/mol. The Morgan fingerprint density at radius 1 is 1.29 bits per heavy atom. The Morgan fingerprint density at radius 3 is 1.93 bits per heavy atom. The van der Waals surface area contributed by atoms with E-state index >= 15 is 0 Å². The third-order valence-electron chi connectivity index (χ3n) is 1.20. The van der Waals surface area contributed by atoms with Crippen LogP contribution in [0.5, 0.6) is 0 Å². The molecular weight excluding hydrogens is 227 g/mol. The van der Waals surface area contributed by atoms with Crippen molar-refractivity contribution in [2.45, 2.75) is 33.8 Å². The number of ether oxygens (including phenoxy) is 1. The number of carbonyl (C=O) groups is 2. The molecule has 1 atom stereocenters. The maximum absolute atomic E-state index is 10.7. The quantitative estimate of drug-likeness (QED) is 0.433. The van der Waals surface area contributed by atoms with Crippen LogP contribution in [0.3, 0.4) is 0 Å². The minimum absolute atomic E-state index is 0.137. The van der Waals surface area contributed by atoms with Gasteiger partial charge in [-0.2, -0.15) is 0 Å². The highest BCUT2D eigenvalue weighted by molar-refractivity contribution is 6.64. The summed E-state index contributed by atoms with van der Waals surface area (Å²) < 4.78 is 4.67. The average Bonchev–Trinajstić information content (AvgIpc) is 2.15. The van der Waals surface area contributed by atoms with Gasteiger partial charge < -0.3 is 4.74 Å². The van der Waals surface area contributed by atoms with Crippen LogP contribution in [0.15, 0.2) is 0 Å². The van der Waals surface area contributed by atoms with Gasteiger partial charge in [-0.05, 0) is 17.5 Å². The van der Waals surface area contributed by atoms with Crippen LogP contribution >= 0.6 is 23.2 Å². The Hall–Kier alpha value is -0.280. The summed E-state index contributed by atoms with van der Waals surface area (Å²) in [4.78, 5) is 21.3. The molecule has 0 heterocycles. The van der Waals surface area contributed by atoms with E-state index in [1.165, 1.54) is 0 Å². The summed E-state index contributed by atoms with van der Waals surface area (Å²) in [6.45, 7) is 7.46. The highest BCUT2D eigenvalue weighted by atomic mass is 35.5. The number of esters is 1. The highest BCUT2D eigenvalue weighted by Gasteiger charge is 2.24. The Bertz CT molecular complexity index is 181. The molecule has 0 amide bonds. The molecule has 0 radical (unpaired) electrons. The van der Waals surface area contributed by atoms with Crippen molar-refractivity contribution < 1.29 is 14.3 Å². The van der Waals surface area contributed by atoms with Crippen molar-refractivity contribution in [2.24, 2.45) is 5.92 Å². The van der Waals surface area contributed by atoms with E-state index in [9.17, 15) is 9.59 Å². The second-order valence-corrected chi connectivity index (χ2v) is 3.23. The monoisotopic (exact) mass is 242 g/mol. The van der Waals surface area contributed by atoms with Gasteiger partial charge in [0.05, 0.1) is 0 Å². The molecule has 0 bridgehead atoms. The summed E-state index contributed by atoms with van der Waals surface area (Å²) in [5.41, 5.74) is 0. The number of carbonyl (C=O) groups excluding carboxylic acids is 2. The number of hydrogen-bond donors (Lipinski definition) is 0.